The van der Waals surface area contributed by atoms with E-state index in [1.54, 1.807) is 23.5 Å². The quantitative estimate of drug-likeness (QED) is 0.367. The van der Waals surface area contributed by atoms with Gasteiger partial charge in [0.05, 0.1) is 33.6 Å². The SMILES string of the molecule is CSc1cc[n+](CCSC2SC3[C@@H](CCO)C(=O)N3C2C(=O)[O-])cc1. The first-order valence-electron chi connectivity index (χ1n) is 8.01. The smallest absolute Gasteiger partial charge is 0.230 e. The molecule has 25 heavy (non-hydrogen) atoms. The molecular weight excluding hydrogens is 380 g/mol. The molecule has 2 saturated heterocycles. The van der Waals surface area contributed by atoms with Crippen LogP contribution in [0.2, 0.25) is 0 Å². The molecule has 0 saturated carbocycles. The summed E-state index contributed by atoms with van der Waals surface area (Å²) in [7, 11) is 0. The van der Waals surface area contributed by atoms with E-state index in [0.717, 1.165) is 12.3 Å². The molecule has 0 aromatic carbocycles. The summed E-state index contributed by atoms with van der Waals surface area (Å²) in [5, 5.41) is 20.4. The number of hydrogen-bond acceptors (Lipinski definition) is 7. The lowest BCUT2D eigenvalue weighted by atomic mass is 9.93. The third kappa shape index (κ3) is 3.79. The predicted octanol–water partition coefficient (Wildman–Crippen LogP) is -0.212. The molecular formula is C16H20N2O4S3. The molecule has 3 rings (SSSR count). The van der Waals surface area contributed by atoms with Gasteiger partial charge in [-0.15, -0.1) is 35.3 Å². The molecule has 1 aromatic heterocycles. The van der Waals surface area contributed by atoms with Crippen LogP contribution in [-0.4, -0.2) is 56.5 Å². The topological polar surface area (TPSA) is 84.5 Å². The van der Waals surface area contributed by atoms with Gasteiger partial charge in [-0.05, 0) is 12.7 Å². The Bertz CT molecular complexity index is 643. The molecule has 2 aliphatic rings. The van der Waals surface area contributed by atoms with Crippen molar-refractivity contribution in [2.45, 2.75) is 33.9 Å². The second-order valence-electron chi connectivity index (χ2n) is 5.87. The zero-order valence-corrected chi connectivity index (χ0v) is 16.2. The lowest BCUT2D eigenvalue weighted by Gasteiger charge is -2.44. The van der Waals surface area contributed by atoms with Crippen LogP contribution in [0.15, 0.2) is 29.4 Å². The van der Waals surface area contributed by atoms with Crippen LogP contribution in [0.5, 0.6) is 0 Å². The maximum atomic E-state index is 12.1. The van der Waals surface area contributed by atoms with Crippen molar-refractivity contribution in [3.63, 3.8) is 0 Å². The van der Waals surface area contributed by atoms with Crippen molar-refractivity contribution >= 4 is 47.2 Å². The molecule has 9 heteroatoms. The Morgan fingerprint density at radius 1 is 1.44 bits per heavy atom. The van der Waals surface area contributed by atoms with E-state index in [0.29, 0.717) is 6.42 Å². The van der Waals surface area contributed by atoms with Crippen molar-refractivity contribution in [1.82, 2.24) is 4.90 Å². The Labute approximate surface area is 159 Å². The number of aliphatic hydroxyl groups excluding tert-OH is 1. The van der Waals surface area contributed by atoms with E-state index >= 15 is 0 Å². The summed E-state index contributed by atoms with van der Waals surface area (Å²) < 4.78 is 1.84. The number of thioether (sulfide) groups is 3. The van der Waals surface area contributed by atoms with Crippen molar-refractivity contribution in [3.8, 4) is 0 Å². The number of pyridine rings is 1. The fraction of sp³-hybridized carbons (Fsp3) is 0.562. The highest BCUT2D eigenvalue weighted by molar-refractivity contribution is 8.17. The first kappa shape index (κ1) is 18.9. The van der Waals surface area contributed by atoms with Gasteiger partial charge in [-0.25, -0.2) is 4.57 Å². The van der Waals surface area contributed by atoms with E-state index < -0.39 is 12.0 Å². The molecule has 2 aliphatic heterocycles. The summed E-state index contributed by atoms with van der Waals surface area (Å²) in [5.41, 5.74) is 0. The second-order valence-corrected chi connectivity index (χ2v) is 9.56. The summed E-state index contributed by atoms with van der Waals surface area (Å²) in [5.74, 6) is -0.883. The van der Waals surface area contributed by atoms with Gasteiger partial charge in [0, 0.05) is 23.6 Å². The zero-order valence-electron chi connectivity index (χ0n) is 13.7. The number of nitrogens with zero attached hydrogens (tertiary/aromatic N) is 2. The molecule has 136 valence electrons. The Hall–Kier alpha value is -0.900. The number of aromatic nitrogens is 1. The Balaban J connectivity index is 1.57. The molecule has 3 unspecified atom stereocenters. The molecule has 1 aromatic rings. The molecule has 0 spiro atoms. The number of β-lactam (4-membered cyclic amide) rings is 1. The molecule has 0 bridgehead atoms. The fourth-order valence-corrected chi connectivity index (χ4v) is 6.90. The van der Waals surface area contributed by atoms with Gasteiger partial charge < -0.3 is 19.9 Å². The number of aryl methyl sites for hydroxylation is 1. The van der Waals surface area contributed by atoms with E-state index in [9.17, 15) is 14.7 Å². The van der Waals surface area contributed by atoms with Crippen LogP contribution >= 0.6 is 35.3 Å². The molecule has 4 atom stereocenters. The monoisotopic (exact) mass is 400 g/mol. The van der Waals surface area contributed by atoms with Crippen molar-refractivity contribution in [3.05, 3.63) is 24.5 Å². The lowest BCUT2D eigenvalue weighted by Crippen LogP contribution is -2.63. The van der Waals surface area contributed by atoms with Crippen LogP contribution in [0.4, 0.5) is 0 Å². The molecule has 0 radical (unpaired) electrons. The largest absolute Gasteiger partial charge is 0.548 e. The number of carboxylic acid groups (broad SMARTS) is 1. The van der Waals surface area contributed by atoms with Gasteiger partial charge in [0.15, 0.2) is 18.9 Å². The van der Waals surface area contributed by atoms with E-state index in [1.807, 2.05) is 30.8 Å². The van der Waals surface area contributed by atoms with E-state index in [-0.39, 0.29) is 28.4 Å². The third-order valence-electron chi connectivity index (χ3n) is 4.43. The minimum absolute atomic E-state index is 0.0578. The lowest BCUT2D eigenvalue weighted by molar-refractivity contribution is -0.692. The normalized spacial score (nSPS) is 27.9. The van der Waals surface area contributed by atoms with Crippen LogP contribution in [0.1, 0.15) is 6.42 Å². The first-order valence-corrected chi connectivity index (χ1v) is 11.2. The number of fused-ring (bicyclic) bond motifs is 1. The minimum Gasteiger partial charge on any atom is -0.548 e. The molecule has 2 fully saturated rings. The molecule has 1 amide bonds. The highest BCUT2D eigenvalue weighted by Crippen LogP contribution is 2.51. The van der Waals surface area contributed by atoms with Crippen molar-refractivity contribution < 1.29 is 24.4 Å². The number of carbonyl (C=O) groups is 2. The maximum Gasteiger partial charge on any atom is 0.230 e. The van der Waals surface area contributed by atoms with Gasteiger partial charge in [-0.1, -0.05) is 0 Å². The predicted molar refractivity (Wildman–Crippen MR) is 96.9 cm³/mol. The summed E-state index contributed by atoms with van der Waals surface area (Å²) in [6.45, 7) is 0.715. The van der Waals surface area contributed by atoms with Gasteiger partial charge in [0.1, 0.15) is 0 Å². The van der Waals surface area contributed by atoms with Crippen molar-refractivity contribution in [1.29, 1.82) is 0 Å². The number of carboxylic acids is 1. The van der Waals surface area contributed by atoms with Crippen LogP contribution in [-0.2, 0) is 16.1 Å². The third-order valence-corrected chi connectivity index (χ3v) is 8.28. The average molecular weight is 401 g/mol. The highest BCUT2D eigenvalue weighted by atomic mass is 32.2. The summed E-state index contributed by atoms with van der Waals surface area (Å²) in [6, 6.07) is 3.22. The van der Waals surface area contributed by atoms with Crippen molar-refractivity contribution in [2.24, 2.45) is 5.92 Å². The van der Waals surface area contributed by atoms with E-state index in [1.165, 1.54) is 21.6 Å². The highest BCUT2D eigenvalue weighted by Gasteiger charge is 2.58. The van der Waals surface area contributed by atoms with Crippen LogP contribution < -0.4 is 9.67 Å². The summed E-state index contributed by atoms with van der Waals surface area (Å²) in [4.78, 5) is 26.3. The Morgan fingerprint density at radius 3 is 2.76 bits per heavy atom. The van der Waals surface area contributed by atoms with Crippen LogP contribution in [0.25, 0.3) is 0 Å². The van der Waals surface area contributed by atoms with E-state index in [4.69, 9.17) is 5.11 Å². The zero-order chi connectivity index (χ0) is 18.0. The molecule has 1 N–H and O–H groups in total. The Morgan fingerprint density at radius 2 is 2.16 bits per heavy atom. The van der Waals surface area contributed by atoms with Gasteiger partial charge in [0.2, 0.25) is 5.91 Å². The average Bonchev–Trinajstić information content (AvgIpc) is 2.96. The summed E-state index contributed by atoms with van der Waals surface area (Å²) >= 11 is 4.76. The summed E-state index contributed by atoms with van der Waals surface area (Å²) in [6.07, 6.45) is 6.44. The Kier molecular flexibility index (Phi) is 6.19. The fourth-order valence-electron chi connectivity index (χ4n) is 3.11. The van der Waals surface area contributed by atoms with Gasteiger partial charge in [-0.2, -0.15) is 0 Å². The number of aliphatic carboxylic acids is 1. The maximum absolute atomic E-state index is 12.1. The number of aliphatic hydroxyl groups is 1. The molecule has 6 nitrogen and oxygen atoms in total. The molecule has 3 heterocycles. The van der Waals surface area contributed by atoms with Gasteiger partial charge in [-0.3, -0.25) is 4.79 Å². The first-order chi connectivity index (χ1) is 12.1. The van der Waals surface area contributed by atoms with Crippen molar-refractivity contribution in [2.75, 3.05) is 18.6 Å². The van der Waals surface area contributed by atoms with E-state index in [2.05, 4.69) is 4.57 Å². The van der Waals surface area contributed by atoms with Crippen LogP contribution in [0, 0.1) is 5.92 Å². The molecule has 0 aliphatic carbocycles. The standard InChI is InChI=1S/C16H20N2O4S3/c1-23-10-2-5-17(6-3-10)7-9-24-16-12(15(21)22)18-13(20)11(4-8-19)14(18)25-16/h2-3,5-6,11-12,14,16,19H,4,7-9H2,1H3/t11-,12?,14?,16?/m0/s1. The van der Waals surface area contributed by atoms with Gasteiger partial charge >= 0.3 is 0 Å². The van der Waals surface area contributed by atoms with Gasteiger partial charge in [0.25, 0.3) is 0 Å². The number of carbonyl (C=O) groups excluding carboxylic acids is 2. The number of amides is 1. The van der Waals surface area contributed by atoms with Crippen LogP contribution in [0.3, 0.4) is 0 Å². The second kappa shape index (κ2) is 8.20. The number of hydrogen-bond donors (Lipinski definition) is 1. The minimum atomic E-state index is -1.19. The number of rotatable bonds is 8.